The van der Waals surface area contributed by atoms with Crippen LogP contribution in [-0.4, -0.2) is 44.0 Å². The minimum absolute atomic E-state index is 0.0399. The van der Waals surface area contributed by atoms with Gasteiger partial charge < -0.3 is 25.3 Å². The van der Waals surface area contributed by atoms with Crippen LogP contribution in [0, 0.1) is 6.92 Å². The van der Waals surface area contributed by atoms with E-state index in [2.05, 4.69) is 33.9 Å². The van der Waals surface area contributed by atoms with E-state index in [4.69, 9.17) is 4.42 Å². The molecule has 1 heterocycles. The number of furan rings is 1. The van der Waals surface area contributed by atoms with Crippen molar-refractivity contribution in [2.24, 2.45) is 4.99 Å². The van der Waals surface area contributed by atoms with E-state index >= 15 is 0 Å². The zero-order valence-corrected chi connectivity index (χ0v) is 18.7. The summed E-state index contributed by atoms with van der Waals surface area (Å²) in [6.45, 7) is 6.25. The number of nitrogens with zero attached hydrogens (tertiary/aromatic N) is 2. The summed E-state index contributed by atoms with van der Waals surface area (Å²) in [5.74, 6) is 1.57. The smallest absolute Gasteiger partial charge is 0.238 e. The summed E-state index contributed by atoms with van der Waals surface area (Å²) < 4.78 is 5.98. The fourth-order valence-corrected chi connectivity index (χ4v) is 3.30. The highest BCUT2D eigenvalue weighted by Crippen LogP contribution is 2.24. The van der Waals surface area contributed by atoms with E-state index in [0.29, 0.717) is 25.6 Å². The lowest BCUT2D eigenvalue weighted by Gasteiger charge is -2.12. The summed E-state index contributed by atoms with van der Waals surface area (Å²) in [6.07, 6.45) is 0. The molecule has 0 unspecified atom stereocenters. The van der Waals surface area contributed by atoms with Crippen LogP contribution in [0.1, 0.15) is 23.8 Å². The molecule has 0 aliphatic heterocycles. The van der Waals surface area contributed by atoms with Crippen LogP contribution in [0.2, 0.25) is 0 Å². The molecule has 31 heavy (non-hydrogen) atoms. The van der Waals surface area contributed by atoms with Gasteiger partial charge in [0.25, 0.3) is 0 Å². The van der Waals surface area contributed by atoms with Gasteiger partial charge in [-0.25, -0.2) is 4.99 Å². The predicted molar refractivity (Wildman–Crippen MR) is 126 cm³/mol. The van der Waals surface area contributed by atoms with Gasteiger partial charge in [-0.3, -0.25) is 4.79 Å². The van der Waals surface area contributed by atoms with Gasteiger partial charge in [0.05, 0.1) is 19.6 Å². The van der Waals surface area contributed by atoms with Gasteiger partial charge in [-0.2, -0.15) is 0 Å². The van der Waals surface area contributed by atoms with Crippen LogP contribution in [0.15, 0.2) is 57.9 Å². The Balaban J connectivity index is 1.64. The van der Waals surface area contributed by atoms with Crippen molar-refractivity contribution in [1.82, 2.24) is 15.5 Å². The summed E-state index contributed by atoms with van der Waals surface area (Å²) in [7, 11) is 3.74. The molecule has 0 spiro atoms. The maximum Gasteiger partial charge on any atom is 0.238 e. The minimum atomic E-state index is -0.0399. The Morgan fingerprint density at radius 2 is 1.90 bits per heavy atom. The molecule has 0 aliphatic rings. The number of aliphatic imine (C=N–C) groups is 1. The Morgan fingerprint density at radius 3 is 2.65 bits per heavy atom. The molecule has 2 aromatic carbocycles. The van der Waals surface area contributed by atoms with Crippen LogP contribution >= 0.6 is 0 Å². The van der Waals surface area contributed by atoms with Gasteiger partial charge in [0.15, 0.2) is 5.96 Å². The molecule has 164 valence electrons. The number of hydrogen-bond acceptors (Lipinski definition) is 4. The maximum absolute atomic E-state index is 12.0. The number of anilines is 1. The lowest BCUT2D eigenvalue weighted by atomic mass is 10.1. The molecule has 3 N–H and O–H groups in total. The van der Waals surface area contributed by atoms with Crippen molar-refractivity contribution >= 4 is 28.5 Å². The molecule has 0 bridgehead atoms. The Labute approximate surface area is 183 Å². The van der Waals surface area contributed by atoms with Crippen molar-refractivity contribution < 1.29 is 9.21 Å². The van der Waals surface area contributed by atoms with E-state index in [1.807, 2.05) is 68.4 Å². The van der Waals surface area contributed by atoms with Crippen molar-refractivity contribution in [2.45, 2.75) is 26.9 Å². The monoisotopic (exact) mass is 421 g/mol. The zero-order chi connectivity index (χ0) is 22.2. The fraction of sp³-hybridized carbons (Fsp3) is 0.333. The SMILES string of the molecule is CCNC(=NCc1cccc(NC(=O)CN(C)C)c1)NCc1oc2ccccc2c1C. The molecule has 0 fully saturated rings. The Kier molecular flexibility index (Phi) is 7.67. The third-order valence-electron chi connectivity index (χ3n) is 4.79. The number of guanidine groups is 1. The van der Waals surface area contributed by atoms with Gasteiger partial charge in [-0.05, 0) is 51.7 Å². The molecule has 0 saturated heterocycles. The molecular formula is C24H31N5O2. The number of benzene rings is 2. The van der Waals surface area contributed by atoms with Gasteiger partial charge in [0.2, 0.25) is 5.91 Å². The Hall–Kier alpha value is -3.32. The third-order valence-corrected chi connectivity index (χ3v) is 4.79. The first-order chi connectivity index (χ1) is 15.0. The maximum atomic E-state index is 12.0. The van der Waals surface area contributed by atoms with Crippen molar-refractivity contribution in [3.05, 3.63) is 65.4 Å². The van der Waals surface area contributed by atoms with Crippen LogP contribution in [0.3, 0.4) is 0 Å². The number of para-hydroxylation sites is 1. The number of aryl methyl sites for hydroxylation is 1. The highest BCUT2D eigenvalue weighted by atomic mass is 16.3. The highest BCUT2D eigenvalue weighted by Gasteiger charge is 2.10. The molecule has 7 heteroatoms. The van der Waals surface area contributed by atoms with Crippen molar-refractivity contribution in [1.29, 1.82) is 0 Å². The van der Waals surface area contributed by atoms with Crippen LogP contribution in [0.4, 0.5) is 5.69 Å². The fourth-order valence-electron chi connectivity index (χ4n) is 3.30. The largest absolute Gasteiger partial charge is 0.459 e. The number of fused-ring (bicyclic) bond motifs is 1. The second-order valence-electron chi connectivity index (χ2n) is 7.68. The summed E-state index contributed by atoms with van der Waals surface area (Å²) >= 11 is 0. The molecule has 0 aliphatic carbocycles. The number of carbonyl (C=O) groups is 1. The predicted octanol–water partition coefficient (Wildman–Crippen LogP) is 3.50. The number of amides is 1. The molecule has 3 aromatic rings. The van der Waals surface area contributed by atoms with E-state index in [9.17, 15) is 4.79 Å². The zero-order valence-electron chi connectivity index (χ0n) is 18.7. The van der Waals surface area contributed by atoms with Crippen LogP contribution in [0.5, 0.6) is 0 Å². The van der Waals surface area contributed by atoms with Gasteiger partial charge in [0, 0.05) is 23.2 Å². The number of carbonyl (C=O) groups excluding carboxylic acids is 1. The number of nitrogens with one attached hydrogen (secondary N) is 3. The number of rotatable bonds is 8. The molecule has 3 rings (SSSR count). The summed E-state index contributed by atoms with van der Waals surface area (Å²) in [4.78, 5) is 18.5. The Morgan fingerprint density at radius 1 is 1.10 bits per heavy atom. The molecule has 1 amide bonds. The lowest BCUT2D eigenvalue weighted by Crippen LogP contribution is -2.36. The first-order valence-electron chi connectivity index (χ1n) is 10.5. The van der Waals surface area contributed by atoms with E-state index in [1.165, 1.54) is 0 Å². The third kappa shape index (κ3) is 6.33. The molecule has 7 nitrogen and oxygen atoms in total. The Bertz CT molecular complexity index is 1060. The molecule has 0 atom stereocenters. The standard InChI is InChI=1S/C24H31N5O2/c1-5-25-24(27-15-22-17(2)20-11-6-7-12-21(20)31-22)26-14-18-9-8-10-19(13-18)28-23(30)16-29(3)4/h6-13H,5,14-16H2,1-4H3,(H,28,30)(H2,25,26,27). The molecule has 0 saturated carbocycles. The van der Waals surface area contributed by atoms with E-state index in [0.717, 1.165) is 40.1 Å². The normalized spacial score (nSPS) is 11.7. The van der Waals surface area contributed by atoms with Crippen molar-refractivity contribution in [2.75, 3.05) is 32.5 Å². The number of likely N-dealkylation sites (N-methyl/N-ethyl adjacent to an activating group) is 1. The second kappa shape index (κ2) is 10.6. The quantitative estimate of drug-likeness (QED) is 0.383. The van der Waals surface area contributed by atoms with Crippen molar-refractivity contribution in [3.63, 3.8) is 0 Å². The highest BCUT2D eigenvalue weighted by molar-refractivity contribution is 5.92. The molecule has 0 radical (unpaired) electrons. The average molecular weight is 422 g/mol. The average Bonchev–Trinajstić information content (AvgIpc) is 3.05. The second-order valence-corrected chi connectivity index (χ2v) is 7.68. The summed E-state index contributed by atoms with van der Waals surface area (Å²) in [6, 6.07) is 15.8. The van der Waals surface area contributed by atoms with Crippen LogP contribution in [-0.2, 0) is 17.9 Å². The molecular weight excluding hydrogens is 390 g/mol. The van der Waals surface area contributed by atoms with Gasteiger partial charge in [0.1, 0.15) is 11.3 Å². The topological polar surface area (TPSA) is 81.9 Å². The van der Waals surface area contributed by atoms with Crippen LogP contribution in [0.25, 0.3) is 11.0 Å². The van der Waals surface area contributed by atoms with E-state index < -0.39 is 0 Å². The van der Waals surface area contributed by atoms with E-state index in [-0.39, 0.29) is 5.91 Å². The molecule has 1 aromatic heterocycles. The first-order valence-corrected chi connectivity index (χ1v) is 10.5. The summed E-state index contributed by atoms with van der Waals surface area (Å²) in [5.41, 5.74) is 3.82. The van der Waals surface area contributed by atoms with Crippen LogP contribution < -0.4 is 16.0 Å². The summed E-state index contributed by atoms with van der Waals surface area (Å²) in [5, 5.41) is 10.7. The number of hydrogen-bond donors (Lipinski definition) is 3. The van der Waals surface area contributed by atoms with Gasteiger partial charge >= 0.3 is 0 Å². The first kappa shape index (κ1) is 22.4. The van der Waals surface area contributed by atoms with Crippen molar-refractivity contribution in [3.8, 4) is 0 Å². The van der Waals surface area contributed by atoms with Gasteiger partial charge in [-0.1, -0.05) is 30.3 Å². The lowest BCUT2D eigenvalue weighted by molar-refractivity contribution is -0.116. The minimum Gasteiger partial charge on any atom is -0.459 e. The van der Waals surface area contributed by atoms with E-state index in [1.54, 1.807) is 0 Å². The van der Waals surface area contributed by atoms with Gasteiger partial charge in [-0.15, -0.1) is 0 Å².